The van der Waals surface area contributed by atoms with Crippen molar-refractivity contribution in [3.8, 4) is 5.75 Å². The predicted molar refractivity (Wildman–Crippen MR) is 74.8 cm³/mol. The van der Waals surface area contributed by atoms with Gasteiger partial charge in [0.05, 0.1) is 0 Å². The van der Waals surface area contributed by atoms with Gasteiger partial charge in [-0.25, -0.2) is 4.39 Å². The SMILES string of the molecule is CNCCc1ccc(COc2ccc(F)cc2)cc1. The minimum atomic E-state index is -0.249. The molecule has 19 heavy (non-hydrogen) atoms. The largest absolute Gasteiger partial charge is 0.489 e. The maximum absolute atomic E-state index is 12.7. The quantitative estimate of drug-likeness (QED) is 0.860. The molecule has 0 saturated carbocycles. The smallest absolute Gasteiger partial charge is 0.123 e. The Hall–Kier alpha value is -1.87. The van der Waals surface area contributed by atoms with Gasteiger partial charge in [0, 0.05) is 0 Å². The van der Waals surface area contributed by atoms with E-state index >= 15 is 0 Å². The molecule has 0 spiro atoms. The second kappa shape index (κ2) is 6.90. The lowest BCUT2D eigenvalue weighted by Gasteiger charge is -2.07. The first kappa shape index (κ1) is 13.6. The molecule has 0 radical (unpaired) electrons. The van der Waals surface area contributed by atoms with Crippen LogP contribution in [0.2, 0.25) is 0 Å². The van der Waals surface area contributed by atoms with E-state index in [1.807, 2.05) is 7.05 Å². The van der Waals surface area contributed by atoms with Gasteiger partial charge < -0.3 is 10.1 Å². The Bertz CT molecular complexity index is 493. The van der Waals surface area contributed by atoms with Gasteiger partial charge in [0.15, 0.2) is 0 Å². The van der Waals surface area contributed by atoms with Crippen molar-refractivity contribution in [1.29, 1.82) is 0 Å². The fourth-order valence-electron chi connectivity index (χ4n) is 1.77. The van der Waals surface area contributed by atoms with Gasteiger partial charge in [-0.05, 0) is 55.4 Å². The molecule has 3 heteroatoms. The molecule has 2 aromatic carbocycles. The van der Waals surface area contributed by atoms with Crippen LogP contribution >= 0.6 is 0 Å². The number of halogens is 1. The van der Waals surface area contributed by atoms with E-state index < -0.39 is 0 Å². The molecule has 0 aliphatic rings. The van der Waals surface area contributed by atoms with Crippen molar-refractivity contribution >= 4 is 0 Å². The fourth-order valence-corrected chi connectivity index (χ4v) is 1.77. The number of hydrogen-bond acceptors (Lipinski definition) is 2. The van der Waals surface area contributed by atoms with Crippen LogP contribution in [0, 0.1) is 5.82 Å². The van der Waals surface area contributed by atoms with Gasteiger partial charge >= 0.3 is 0 Å². The second-order valence-corrected chi connectivity index (χ2v) is 4.41. The molecule has 0 aliphatic carbocycles. The number of hydrogen-bond donors (Lipinski definition) is 1. The van der Waals surface area contributed by atoms with Gasteiger partial charge in [0.1, 0.15) is 18.2 Å². The summed E-state index contributed by atoms with van der Waals surface area (Å²) in [5.41, 5.74) is 2.41. The van der Waals surface area contributed by atoms with Crippen molar-refractivity contribution < 1.29 is 9.13 Å². The monoisotopic (exact) mass is 259 g/mol. The van der Waals surface area contributed by atoms with Crippen LogP contribution < -0.4 is 10.1 Å². The summed E-state index contributed by atoms with van der Waals surface area (Å²) < 4.78 is 18.3. The molecule has 2 rings (SSSR count). The normalized spacial score (nSPS) is 10.4. The van der Waals surface area contributed by atoms with Crippen molar-refractivity contribution in [2.24, 2.45) is 0 Å². The first-order valence-corrected chi connectivity index (χ1v) is 6.39. The Kier molecular flexibility index (Phi) is 4.93. The molecule has 0 aromatic heterocycles. The number of rotatable bonds is 6. The first-order chi connectivity index (χ1) is 9.28. The van der Waals surface area contributed by atoms with Crippen molar-refractivity contribution in [1.82, 2.24) is 5.32 Å². The Labute approximate surface area is 113 Å². The third-order valence-electron chi connectivity index (χ3n) is 2.91. The van der Waals surface area contributed by atoms with Gasteiger partial charge in [-0.3, -0.25) is 0 Å². The number of likely N-dealkylation sites (N-methyl/N-ethyl adjacent to an activating group) is 1. The van der Waals surface area contributed by atoms with Gasteiger partial charge in [0.2, 0.25) is 0 Å². The van der Waals surface area contributed by atoms with Gasteiger partial charge in [-0.1, -0.05) is 24.3 Å². The van der Waals surface area contributed by atoms with Crippen LogP contribution in [0.25, 0.3) is 0 Å². The molecule has 0 aliphatic heterocycles. The van der Waals surface area contributed by atoms with Crippen LogP contribution in [0.1, 0.15) is 11.1 Å². The standard InChI is InChI=1S/C16H18FNO/c1-18-11-10-13-2-4-14(5-3-13)12-19-16-8-6-15(17)7-9-16/h2-9,18H,10-12H2,1H3. The van der Waals surface area contributed by atoms with Crippen molar-refractivity contribution in [2.45, 2.75) is 13.0 Å². The van der Waals surface area contributed by atoms with E-state index in [4.69, 9.17) is 4.74 Å². The summed E-state index contributed by atoms with van der Waals surface area (Å²) >= 11 is 0. The van der Waals surface area contributed by atoms with Gasteiger partial charge in [-0.2, -0.15) is 0 Å². The molecule has 0 saturated heterocycles. The van der Waals surface area contributed by atoms with Crippen LogP contribution in [0.15, 0.2) is 48.5 Å². The van der Waals surface area contributed by atoms with E-state index in [0.717, 1.165) is 18.5 Å². The summed E-state index contributed by atoms with van der Waals surface area (Å²) in [6.45, 7) is 1.48. The highest BCUT2D eigenvalue weighted by Crippen LogP contribution is 2.14. The Morgan fingerprint density at radius 2 is 1.58 bits per heavy atom. The average Bonchev–Trinajstić information content (AvgIpc) is 2.46. The summed E-state index contributed by atoms with van der Waals surface area (Å²) in [4.78, 5) is 0. The third-order valence-corrected chi connectivity index (χ3v) is 2.91. The van der Waals surface area contributed by atoms with Crippen LogP contribution in [0.3, 0.4) is 0 Å². The van der Waals surface area contributed by atoms with Crippen LogP contribution in [-0.4, -0.2) is 13.6 Å². The van der Waals surface area contributed by atoms with E-state index in [1.165, 1.54) is 17.7 Å². The minimum Gasteiger partial charge on any atom is -0.489 e. The molecule has 2 aromatic rings. The van der Waals surface area contributed by atoms with E-state index in [9.17, 15) is 4.39 Å². The first-order valence-electron chi connectivity index (χ1n) is 6.39. The number of benzene rings is 2. The number of ether oxygens (including phenoxy) is 1. The molecule has 0 atom stereocenters. The lowest BCUT2D eigenvalue weighted by Crippen LogP contribution is -2.10. The number of nitrogens with one attached hydrogen (secondary N) is 1. The molecule has 100 valence electrons. The van der Waals surface area contributed by atoms with Crippen LogP contribution in [-0.2, 0) is 13.0 Å². The van der Waals surface area contributed by atoms with Gasteiger partial charge in [-0.15, -0.1) is 0 Å². The zero-order valence-corrected chi connectivity index (χ0v) is 11.0. The summed E-state index contributed by atoms with van der Waals surface area (Å²) in [6.07, 6.45) is 1.02. The highest BCUT2D eigenvalue weighted by molar-refractivity contribution is 5.25. The highest BCUT2D eigenvalue weighted by atomic mass is 19.1. The predicted octanol–water partition coefficient (Wildman–Crippen LogP) is 3.17. The third kappa shape index (κ3) is 4.38. The molecular weight excluding hydrogens is 241 g/mol. The summed E-state index contributed by atoms with van der Waals surface area (Å²) in [7, 11) is 1.95. The second-order valence-electron chi connectivity index (χ2n) is 4.41. The van der Waals surface area contributed by atoms with Crippen molar-refractivity contribution in [2.75, 3.05) is 13.6 Å². The molecular formula is C16H18FNO. The molecule has 0 amide bonds. The van der Waals surface area contributed by atoms with E-state index in [-0.39, 0.29) is 5.82 Å². The van der Waals surface area contributed by atoms with Crippen LogP contribution in [0.4, 0.5) is 4.39 Å². The van der Waals surface area contributed by atoms with Crippen LogP contribution in [0.5, 0.6) is 5.75 Å². The molecule has 2 nitrogen and oxygen atoms in total. The highest BCUT2D eigenvalue weighted by Gasteiger charge is 1.98. The topological polar surface area (TPSA) is 21.3 Å². The molecule has 0 bridgehead atoms. The fraction of sp³-hybridized carbons (Fsp3) is 0.250. The van der Waals surface area contributed by atoms with E-state index in [2.05, 4.69) is 29.6 Å². The minimum absolute atomic E-state index is 0.249. The van der Waals surface area contributed by atoms with E-state index in [1.54, 1.807) is 12.1 Å². The molecule has 1 N–H and O–H groups in total. The maximum atomic E-state index is 12.7. The lowest BCUT2D eigenvalue weighted by atomic mass is 10.1. The molecule has 0 fully saturated rings. The summed E-state index contributed by atoms with van der Waals surface area (Å²) in [5, 5.41) is 3.13. The Balaban J connectivity index is 1.87. The lowest BCUT2D eigenvalue weighted by molar-refractivity contribution is 0.305. The van der Waals surface area contributed by atoms with E-state index in [0.29, 0.717) is 12.4 Å². The average molecular weight is 259 g/mol. The maximum Gasteiger partial charge on any atom is 0.123 e. The van der Waals surface area contributed by atoms with Crippen molar-refractivity contribution in [3.63, 3.8) is 0 Å². The molecule has 0 heterocycles. The van der Waals surface area contributed by atoms with Gasteiger partial charge in [0.25, 0.3) is 0 Å². The summed E-state index contributed by atoms with van der Waals surface area (Å²) in [5.74, 6) is 0.432. The Morgan fingerprint density at radius 1 is 0.947 bits per heavy atom. The zero-order valence-electron chi connectivity index (χ0n) is 11.0. The van der Waals surface area contributed by atoms with Crippen molar-refractivity contribution in [3.05, 3.63) is 65.5 Å². The Morgan fingerprint density at radius 3 is 2.21 bits per heavy atom. The zero-order chi connectivity index (χ0) is 13.5. The molecule has 0 unspecified atom stereocenters. The summed E-state index contributed by atoms with van der Waals surface area (Å²) in [6, 6.07) is 14.4.